The smallest absolute Gasteiger partial charge is 0.297 e. The Morgan fingerprint density at radius 1 is 0.842 bits per heavy atom. The zero-order chi connectivity index (χ0) is 13.8. The van der Waals surface area contributed by atoms with Gasteiger partial charge in [-0.25, -0.2) is 4.79 Å². The van der Waals surface area contributed by atoms with Crippen molar-refractivity contribution in [1.82, 2.24) is 0 Å². The molecule has 0 aromatic heterocycles. The topological polar surface area (TPSA) is 23.6 Å². The second-order valence-electron chi connectivity index (χ2n) is 4.58. The highest BCUT2D eigenvalue weighted by molar-refractivity contribution is 6.02. The Labute approximate surface area is 114 Å². The molecule has 0 saturated carbocycles. The Morgan fingerprint density at radius 3 is 2.05 bits per heavy atom. The number of hydrogen-bond donors (Lipinski definition) is 0. The van der Waals surface area contributed by atoms with Gasteiger partial charge in [0.2, 0.25) is 0 Å². The lowest BCUT2D eigenvalue weighted by Gasteiger charge is -2.25. The summed E-state index contributed by atoms with van der Waals surface area (Å²) in [4.78, 5) is 15.7. The van der Waals surface area contributed by atoms with Gasteiger partial charge < -0.3 is 0 Å². The standard InChI is InChI=1S/C16H18N2O/c1-13-8-7-11-15(12-13)18(3)16(19)17(2)14-9-5-4-6-10-14/h4-12H,1-3H3. The Hall–Kier alpha value is -2.29. The molecule has 2 amide bonds. The average Bonchev–Trinajstić information content (AvgIpc) is 2.46. The molecule has 0 unspecified atom stereocenters. The van der Waals surface area contributed by atoms with Crippen molar-refractivity contribution in [2.75, 3.05) is 23.9 Å². The van der Waals surface area contributed by atoms with Crippen molar-refractivity contribution in [3.05, 3.63) is 60.2 Å². The van der Waals surface area contributed by atoms with Gasteiger partial charge in [0.05, 0.1) is 0 Å². The number of carbonyl (C=O) groups excluding carboxylic acids is 1. The van der Waals surface area contributed by atoms with E-state index in [9.17, 15) is 4.79 Å². The molecule has 0 aliphatic heterocycles. The SMILES string of the molecule is Cc1cccc(N(C)C(=O)N(C)c2ccccc2)c1. The summed E-state index contributed by atoms with van der Waals surface area (Å²) in [6.45, 7) is 2.02. The highest BCUT2D eigenvalue weighted by Crippen LogP contribution is 2.18. The summed E-state index contributed by atoms with van der Waals surface area (Å²) in [6, 6.07) is 17.5. The number of benzene rings is 2. The number of rotatable bonds is 2. The summed E-state index contributed by atoms with van der Waals surface area (Å²) >= 11 is 0. The maximum atomic E-state index is 12.4. The van der Waals surface area contributed by atoms with Crippen molar-refractivity contribution in [3.8, 4) is 0 Å². The van der Waals surface area contributed by atoms with E-state index >= 15 is 0 Å². The predicted molar refractivity (Wildman–Crippen MR) is 79.8 cm³/mol. The van der Waals surface area contributed by atoms with Gasteiger partial charge in [-0.1, -0.05) is 30.3 Å². The molecule has 2 rings (SSSR count). The summed E-state index contributed by atoms with van der Waals surface area (Å²) in [5.41, 5.74) is 2.92. The molecule has 0 radical (unpaired) electrons. The Balaban J connectivity index is 2.20. The molecule has 0 saturated heterocycles. The van der Waals surface area contributed by atoms with Crippen molar-refractivity contribution in [2.45, 2.75) is 6.92 Å². The predicted octanol–water partition coefficient (Wildman–Crippen LogP) is 3.69. The summed E-state index contributed by atoms with van der Waals surface area (Å²) < 4.78 is 0. The first-order chi connectivity index (χ1) is 9.09. The summed E-state index contributed by atoms with van der Waals surface area (Å²) in [7, 11) is 3.57. The van der Waals surface area contributed by atoms with Gasteiger partial charge in [0.25, 0.3) is 0 Å². The van der Waals surface area contributed by atoms with Crippen LogP contribution in [0.2, 0.25) is 0 Å². The number of anilines is 2. The van der Waals surface area contributed by atoms with Crippen molar-refractivity contribution < 1.29 is 4.79 Å². The fourth-order valence-electron chi connectivity index (χ4n) is 1.93. The maximum Gasteiger partial charge on any atom is 0.328 e. The highest BCUT2D eigenvalue weighted by Gasteiger charge is 2.16. The van der Waals surface area contributed by atoms with E-state index in [1.54, 1.807) is 23.9 Å². The number of aryl methyl sites for hydroxylation is 1. The van der Waals surface area contributed by atoms with Crippen molar-refractivity contribution in [1.29, 1.82) is 0 Å². The lowest BCUT2D eigenvalue weighted by Crippen LogP contribution is -2.38. The third kappa shape index (κ3) is 2.94. The molecule has 3 nitrogen and oxygen atoms in total. The largest absolute Gasteiger partial charge is 0.328 e. The van der Waals surface area contributed by atoms with Crippen LogP contribution in [0.3, 0.4) is 0 Å². The van der Waals surface area contributed by atoms with Gasteiger partial charge in [-0.05, 0) is 36.8 Å². The van der Waals surface area contributed by atoms with Crippen LogP contribution in [0.25, 0.3) is 0 Å². The number of carbonyl (C=O) groups is 1. The number of amides is 2. The quantitative estimate of drug-likeness (QED) is 0.801. The third-order valence-electron chi connectivity index (χ3n) is 3.11. The van der Waals surface area contributed by atoms with Crippen LogP contribution in [0, 0.1) is 6.92 Å². The monoisotopic (exact) mass is 254 g/mol. The fourth-order valence-corrected chi connectivity index (χ4v) is 1.93. The van der Waals surface area contributed by atoms with Crippen molar-refractivity contribution in [2.24, 2.45) is 0 Å². The van der Waals surface area contributed by atoms with Gasteiger partial charge in [0, 0.05) is 25.5 Å². The van der Waals surface area contributed by atoms with E-state index in [1.165, 1.54) is 0 Å². The normalized spacial score (nSPS) is 10.1. The van der Waals surface area contributed by atoms with Crippen LogP contribution in [0.5, 0.6) is 0 Å². The number of hydrogen-bond acceptors (Lipinski definition) is 1. The summed E-state index contributed by atoms with van der Waals surface area (Å²) in [5.74, 6) is 0. The lowest BCUT2D eigenvalue weighted by atomic mass is 10.2. The zero-order valence-corrected chi connectivity index (χ0v) is 11.5. The first-order valence-electron chi connectivity index (χ1n) is 6.23. The molecule has 0 bridgehead atoms. The van der Waals surface area contributed by atoms with Gasteiger partial charge in [-0.3, -0.25) is 9.80 Å². The van der Waals surface area contributed by atoms with Crippen LogP contribution < -0.4 is 9.80 Å². The van der Waals surface area contributed by atoms with Gasteiger partial charge in [0.1, 0.15) is 0 Å². The van der Waals surface area contributed by atoms with E-state index in [4.69, 9.17) is 0 Å². The molecule has 0 atom stereocenters. The Morgan fingerprint density at radius 2 is 1.42 bits per heavy atom. The van der Waals surface area contributed by atoms with E-state index in [-0.39, 0.29) is 6.03 Å². The van der Waals surface area contributed by atoms with Crippen LogP contribution in [0.4, 0.5) is 16.2 Å². The Bertz CT molecular complexity index is 566. The molecule has 0 fully saturated rings. The van der Waals surface area contributed by atoms with Crippen LogP contribution in [-0.4, -0.2) is 20.1 Å². The highest BCUT2D eigenvalue weighted by atomic mass is 16.2. The molecule has 0 aliphatic carbocycles. The van der Waals surface area contributed by atoms with Crippen molar-refractivity contribution >= 4 is 17.4 Å². The minimum absolute atomic E-state index is 0.0585. The fraction of sp³-hybridized carbons (Fsp3) is 0.188. The minimum Gasteiger partial charge on any atom is -0.297 e. The van der Waals surface area contributed by atoms with Crippen LogP contribution in [-0.2, 0) is 0 Å². The van der Waals surface area contributed by atoms with E-state index in [2.05, 4.69) is 0 Å². The van der Waals surface area contributed by atoms with Crippen LogP contribution in [0.15, 0.2) is 54.6 Å². The minimum atomic E-state index is -0.0585. The first kappa shape index (κ1) is 13.1. The molecule has 2 aromatic carbocycles. The zero-order valence-electron chi connectivity index (χ0n) is 11.5. The molecule has 3 heteroatoms. The van der Waals surface area contributed by atoms with Gasteiger partial charge >= 0.3 is 6.03 Å². The second kappa shape index (κ2) is 5.57. The summed E-state index contributed by atoms with van der Waals surface area (Å²) in [6.07, 6.45) is 0. The lowest BCUT2D eigenvalue weighted by molar-refractivity contribution is 0.253. The molecule has 0 heterocycles. The molecule has 0 spiro atoms. The molecule has 19 heavy (non-hydrogen) atoms. The van der Waals surface area contributed by atoms with E-state index < -0.39 is 0 Å². The van der Waals surface area contributed by atoms with E-state index in [0.29, 0.717) is 0 Å². The molecule has 0 aliphatic rings. The van der Waals surface area contributed by atoms with Crippen LogP contribution >= 0.6 is 0 Å². The molecular formula is C16H18N2O. The first-order valence-corrected chi connectivity index (χ1v) is 6.23. The van der Waals surface area contributed by atoms with Crippen molar-refractivity contribution in [3.63, 3.8) is 0 Å². The second-order valence-corrected chi connectivity index (χ2v) is 4.58. The van der Waals surface area contributed by atoms with E-state index in [0.717, 1.165) is 16.9 Å². The average molecular weight is 254 g/mol. The molecular weight excluding hydrogens is 236 g/mol. The third-order valence-corrected chi connectivity index (χ3v) is 3.11. The van der Waals surface area contributed by atoms with Gasteiger partial charge in [-0.15, -0.1) is 0 Å². The van der Waals surface area contributed by atoms with Gasteiger partial charge in [0.15, 0.2) is 0 Å². The Kier molecular flexibility index (Phi) is 3.85. The number of urea groups is 1. The number of para-hydroxylation sites is 1. The van der Waals surface area contributed by atoms with Gasteiger partial charge in [-0.2, -0.15) is 0 Å². The summed E-state index contributed by atoms with van der Waals surface area (Å²) in [5, 5.41) is 0. The van der Waals surface area contributed by atoms with E-state index in [1.807, 2.05) is 61.5 Å². The molecule has 98 valence electrons. The molecule has 0 N–H and O–H groups in total. The maximum absolute atomic E-state index is 12.4. The number of nitrogens with zero attached hydrogens (tertiary/aromatic N) is 2. The molecule has 2 aromatic rings. The van der Waals surface area contributed by atoms with Crippen LogP contribution in [0.1, 0.15) is 5.56 Å².